The molecule has 1 aliphatic rings. The van der Waals surface area contributed by atoms with Crippen molar-refractivity contribution < 1.29 is 4.42 Å². The van der Waals surface area contributed by atoms with E-state index in [2.05, 4.69) is 17.3 Å². The predicted octanol–water partition coefficient (Wildman–Crippen LogP) is 1.51. The van der Waals surface area contributed by atoms with Gasteiger partial charge in [-0.1, -0.05) is 0 Å². The van der Waals surface area contributed by atoms with E-state index in [0.29, 0.717) is 11.3 Å². The summed E-state index contributed by atoms with van der Waals surface area (Å²) in [5.74, 6) is 0.944. The van der Waals surface area contributed by atoms with Gasteiger partial charge in [-0.15, -0.1) is 0 Å². The van der Waals surface area contributed by atoms with Crippen LogP contribution in [0.25, 0.3) is 0 Å². The fraction of sp³-hybridized carbons (Fsp3) is 0.556. The van der Waals surface area contributed by atoms with E-state index in [1.807, 2.05) is 6.07 Å². The van der Waals surface area contributed by atoms with Crippen molar-refractivity contribution in [3.05, 3.63) is 23.1 Å². The van der Waals surface area contributed by atoms with Crippen LogP contribution in [0.2, 0.25) is 5.22 Å². The molecule has 0 bridgehead atoms. The molecule has 4 heteroatoms. The van der Waals surface area contributed by atoms with E-state index in [9.17, 15) is 0 Å². The number of nitrogens with one attached hydrogen (secondary N) is 1. The minimum absolute atomic E-state index is 0.321. The molecule has 0 radical (unpaired) electrons. The molecule has 3 nitrogen and oxygen atoms in total. The molecule has 1 aromatic heterocycles. The van der Waals surface area contributed by atoms with Crippen LogP contribution in [-0.2, 0) is 0 Å². The third-order valence-electron chi connectivity index (χ3n) is 2.43. The summed E-state index contributed by atoms with van der Waals surface area (Å²) in [5, 5.41) is 3.79. The van der Waals surface area contributed by atoms with Crippen molar-refractivity contribution in [2.45, 2.75) is 6.04 Å². The Balaban J connectivity index is 2.14. The number of piperazine rings is 1. The Labute approximate surface area is 82.7 Å². The van der Waals surface area contributed by atoms with Crippen molar-refractivity contribution in [3.63, 3.8) is 0 Å². The average molecular weight is 201 g/mol. The largest absolute Gasteiger partial charge is 0.448 e. The maximum atomic E-state index is 5.72. The maximum absolute atomic E-state index is 5.72. The second-order valence-corrected chi connectivity index (χ2v) is 3.71. The van der Waals surface area contributed by atoms with Gasteiger partial charge in [-0.3, -0.25) is 4.90 Å². The maximum Gasteiger partial charge on any atom is 0.193 e. The van der Waals surface area contributed by atoms with Crippen LogP contribution in [0.5, 0.6) is 0 Å². The van der Waals surface area contributed by atoms with Crippen molar-refractivity contribution in [2.75, 3.05) is 26.7 Å². The van der Waals surface area contributed by atoms with Crippen LogP contribution in [0, 0.1) is 0 Å². The lowest BCUT2D eigenvalue weighted by Crippen LogP contribution is -2.43. The summed E-state index contributed by atoms with van der Waals surface area (Å²) in [6, 6.07) is 4.05. The first-order valence-corrected chi connectivity index (χ1v) is 4.81. The Morgan fingerprint density at radius 1 is 1.62 bits per heavy atom. The van der Waals surface area contributed by atoms with Crippen molar-refractivity contribution in [1.82, 2.24) is 10.2 Å². The average Bonchev–Trinajstić information content (AvgIpc) is 2.53. The number of furan rings is 1. The van der Waals surface area contributed by atoms with Crippen LogP contribution in [0.4, 0.5) is 0 Å². The van der Waals surface area contributed by atoms with Gasteiger partial charge in [0.1, 0.15) is 5.76 Å². The molecule has 1 aliphatic heterocycles. The molecular formula is C9H13ClN2O. The highest BCUT2D eigenvalue weighted by molar-refractivity contribution is 6.28. The van der Waals surface area contributed by atoms with Gasteiger partial charge in [0.25, 0.3) is 0 Å². The topological polar surface area (TPSA) is 28.4 Å². The van der Waals surface area contributed by atoms with Gasteiger partial charge >= 0.3 is 0 Å². The van der Waals surface area contributed by atoms with E-state index in [0.717, 1.165) is 25.4 Å². The minimum atomic E-state index is 0.321. The number of likely N-dealkylation sites (N-methyl/N-ethyl adjacent to an activating group) is 1. The lowest BCUT2D eigenvalue weighted by Gasteiger charge is -2.31. The summed E-state index contributed by atoms with van der Waals surface area (Å²) >= 11 is 5.72. The minimum Gasteiger partial charge on any atom is -0.448 e. The molecule has 72 valence electrons. The quantitative estimate of drug-likeness (QED) is 0.745. The molecule has 1 unspecified atom stereocenters. The molecule has 1 aromatic rings. The van der Waals surface area contributed by atoms with E-state index in [-0.39, 0.29) is 0 Å². The van der Waals surface area contributed by atoms with E-state index < -0.39 is 0 Å². The van der Waals surface area contributed by atoms with Gasteiger partial charge in [0, 0.05) is 19.6 Å². The predicted molar refractivity (Wildman–Crippen MR) is 52.0 cm³/mol. The van der Waals surface area contributed by atoms with E-state index >= 15 is 0 Å². The number of halogens is 1. The number of rotatable bonds is 1. The zero-order chi connectivity index (χ0) is 9.26. The summed E-state index contributed by atoms with van der Waals surface area (Å²) in [5.41, 5.74) is 0. The molecule has 1 fully saturated rings. The van der Waals surface area contributed by atoms with Crippen LogP contribution in [0.15, 0.2) is 16.5 Å². The Hall–Kier alpha value is -0.510. The summed E-state index contributed by atoms with van der Waals surface area (Å²) in [6.45, 7) is 3.02. The molecule has 0 aliphatic carbocycles. The highest BCUT2D eigenvalue weighted by Crippen LogP contribution is 2.24. The summed E-state index contributed by atoms with van der Waals surface area (Å²) < 4.78 is 5.38. The highest BCUT2D eigenvalue weighted by atomic mass is 35.5. The monoisotopic (exact) mass is 200 g/mol. The van der Waals surface area contributed by atoms with E-state index in [1.54, 1.807) is 6.07 Å². The fourth-order valence-corrected chi connectivity index (χ4v) is 1.78. The van der Waals surface area contributed by atoms with Gasteiger partial charge in [-0.05, 0) is 30.8 Å². The molecule has 1 saturated heterocycles. The molecule has 2 heterocycles. The first-order valence-electron chi connectivity index (χ1n) is 4.43. The first kappa shape index (κ1) is 9.06. The second-order valence-electron chi connectivity index (χ2n) is 3.34. The van der Waals surface area contributed by atoms with Gasteiger partial charge in [-0.2, -0.15) is 0 Å². The van der Waals surface area contributed by atoms with E-state index in [4.69, 9.17) is 16.0 Å². The Morgan fingerprint density at radius 3 is 3.08 bits per heavy atom. The molecule has 13 heavy (non-hydrogen) atoms. The Kier molecular flexibility index (Phi) is 2.58. The third kappa shape index (κ3) is 1.88. The Bertz CT molecular complexity index is 287. The lowest BCUT2D eigenvalue weighted by atomic mass is 10.1. The van der Waals surface area contributed by atoms with Crippen molar-refractivity contribution in [3.8, 4) is 0 Å². The molecular weight excluding hydrogens is 188 g/mol. The SMILES string of the molecule is CN1CCNCC1c1ccc(Cl)o1. The number of hydrogen-bond donors (Lipinski definition) is 1. The van der Waals surface area contributed by atoms with Crippen molar-refractivity contribution in [1.29, 1.82) is 0 Å². The molecule has 2 rings (SSSR count). The normalized spacial score (nSPS) is 24.9. The summed E-state index contributed by atoms with van der Waals surface area (Å²) in [6.07, 6.45) is 0. The van der Waals surface area contributed by atoms with E-state index in [1.165, 1.54) is 0 Å². The molecule has 0 saturated carbocycles. The molecule has 1 atom stereocenters. The van der Waals surface area contributed by atoms with Crippen LogP contribution >= 0.6 is 11.6 Å². The fourth-order valence-electron chi connectivity index (χ4n) is 1.63. The van der Waals surface area contributed by atoms with Crippen molar-refractivity contribution in [2.24, 2.45) is 0 Å². The number of nitrogens with zero attached hydrogens (tertiary/aromatic N) is 1. The Morgan fingerprint density at radius 2 is 2.46 bits per heavy atom. The van der Waals surface area contributed by atoms with Crippen LogP contribution in [0.3, 0.4) is 0 Å². The molecule has 1 N–H and O–H groups in total. The van der Waals surface area contributed by atoms with Gasteiger partial charge in [0.15, 0.2) is 5.22 Å². The van der Waals surface area contributed by atoms with Crippen LogP contribution in [0.1, 0.15) is 11.8 Å². The second kappa shape index (κ2) is 3.70. The highest BCUT2D eigenvalue weighted by Gasteiger charge is 2.22. The number of hydrogen-bond acceptors (Lipinski definition) is 3. The summed E-state index contributed by atoms with van der Waals surface area (Å²) in [7, 11) is 2.10. The lowest BCUT2D eigenvalue weighted by molar-refractivity contribution is 0.178. The van der Waals surface area contributed by atoms with Gasteiger partial charge in [0.2, 0.25) is 0 Å². The molecule has 0 amide bonds. The van der Waals surface area contributed by atoms with Crippen LogP contribution < -0.4 is 5.32 Å². The van der Waals surface area contributed by atoms with Gasteiger partial charge in [-0.25, -0.2) is 0 Å². The zero-order valence-corrected chi connectivity index (χ0v) is 8.34. The van der Waals surface area contributed by atoms with Crippen LogP contribution in [-0.4, -0.2) is 31.6 Å². The summed E-state index contributed by atoms with van der Waals surface area (Å²) in [4.78, 5) is 2.27. The molecule has 0 spiro atoms. The first-order chi connectivity index (χ1) is 6.27. The van der Waals surface area contributed by atoms with Gasteiger partial charge < -0.3 is 9.73 Å². The molecule has 0 aromatic carbocycles. The van der Waals surface area contributed by atoms with Crippen molar-refractivity contribution >= 4 is 11.6 Å². The zero-order valence-electron chi connectivity index (χ0n) is 7.59. The van der Waals surface area contributed by atoms with Gasteiger partial charge in [0.05, 0.1) is 6.04 Å². The standard InChI is InChI=1S/C9H13ClN2O/c1-12-5-4-11-6-7(12)8-2-3-9(10)13-8/h2-3,7,11H,4-6H2,1H3. The smallest absolute Gasteiger partial charge is 0.193 e. The third-order valence-corrected chi connectivity index (χ3v) is 2.64.